The van der Waals surface area contributed by atoms with Crippen LogP contribution >= 0.6 is 0 Å². The van der Waals surface area contributed by atoms with Crippen molar-refractivity contribution in [2.75, 3.05) is 13.2 Å². The molecule has 0 N–H and O–H groups in total. The van der Waals surface area contributed by atoms with Gasteiger partial charge in [0.25, 0.3) is 0 Å². The minimum atomic E-state index is -0.320. The van der Waals surface area contributed by atoms with Gasteiger partial charge in [-0.25, -0.2) is 4.79 Å². The number of carbonyl (C=O) groups excluding carboxylic acids is 1. The summed E-state index contributed by atoms with van der Waals surface area (Å²) >= 11 is 0. The Kier molecular flexibility index (Phi) is 11.6. The third-order valence-corrected chi connectivity index (χ3v) is 3.66. The predicted octanol–water partition coefficient (Wildman–Crippen LogP) is 5.11. The third-order valence-electron chi connectivity index (χ3n) is 3.66. The summed E-state index contributed by atoms with van der Waals surface area (Å²) in [7, 11) is 0. The maximum absolute atomic E-state index is 10.8. The number of carbonyl (C=O) groups is 1. The second kappa shape index (κ2) is 13.9. The summed E-state index contributed by atoms with van der Waals surface area (Å²) in [6.45, 7) is 4.68. The number of hydrogen-bond acceptors (Lipinski definition) is 3. The van der Waals surface area contributed by atoms with Gasteiger partial charge < -0.3 is 9.47 Å². The average molecular weight is 317 g/mol. The van der Waals surface area contributed by atoms with Crippen LogP contribution in [0.1, 0.15) is 57.8 Å². The molecule has 0 aliphatic rings. The van der Waals surface area contributed by atoms with Crippen LogP contribution in [-0.2, 0) is 9.53 Å². The van der Waals surface area contributed by atoms with E-state index in [1.807, 2.05) is 24.3 Å². The summed E-state index contributed by atoms with van der Waals surface area (Å²) in [5.41, 5.74) is 0. The average Bonchev–Trinajstić information content (AvgIpc) is 2.59. The molecule has 0 aliphatic heterocycles. The quantitative estimate of drug-likeness (QED) is 0.272. The number of unbranched alkanes of at least 4 members (excludes halogenated alkanes) is 8. The SMILES string of the molecule is C=CC(=O)OCCCCCCCCCCCOc1cc[c]cc1. The highest BCUT2D eigenvalue weighted by atomic mass is 16.5. The fraction of sp³-hybridized carbons (Fsp3) is 0.550. The van der Waals surface area contributed by atoms with Crippen LogP contribution in [0, 0.1) is 6.07 Å². The van der Waals surface area contributed by atoms with E-state index in [9.17, 15) is 4.79 Å². The Hall–Kier alpha value is -1.77. The van der Waals surface area contributed by atoms with Crippen LogP contribution < -0.4 is 4.74 Å². The Morgan fingerprint density at radius 2 is 1.43 bits per heavy atom. The van der Waals surface area contributed by atoms with Gasteiger partial charge in [-0.05, 0) is 31.0 Å². The van der Waals surface area contributed by atoms with Gasteiger partial charge in [0.15, 0.2) is 0 Å². The van der Waals surface area contributed by atoms with Gasteiger partial charge in [-0.15, -0.1) is 0 Å². The third kappa shape index (κ3) is 11.5. The molecule has 3 heteroatoms. The summed E-state index contributed by atoms with van der Waals surface area (Å²) in [4.78, 5) is 10.8. The molecule has 1 rings (SSSR count). The van der Waals surface area contributed by atoms with Crippen LogP contribution in [0.15, 0.2) is 36.9 Å². The first-order chi connectivity index (χ1) is 11.3. The fourth-order valence-corrected chi connectivity index (χ4v) is 2.33. The predicted molar refractivity (Wildman–Crippen MR) is 93.5 cm³/mol. The van der Waals surface area contributed by atoms with E-state index in [-0.39, 0.29) is 5.97 Å². The van der Waals surface area contributed by atoms with Gasteiger partial charge in [0.05, 0.1) is 13.2 Å². The Balaban J connectivity index is 1.76. The normalized spacial score (nSPS) is 10.3. The molecule has 0 aliphatic carbocycles. The zero-order valence-electron chi connectivity index (χ0n) is 14.1. The number of hydrogen-bond donors (Lipinski definition) is 0. The van der Waals surface area contributed by atoms with Gasteiger partial charge in [0, 0.05) is 6.08 Å². The lowest BCUT2D eigenvalue weighted by molar-refractivity contribution is -0.137. The molecule has 0 amide bonds. The maximum atomic E-state index is 10.8. The van der Waals surface area contributed by atoms with E-state index in [1.54, 1.807) is 0 Å². The van der Waals surface area contributed by atoms with Gasteiger partial charge in [-0.3, -0.25) is 0 Å². The zero-order valence-corrected chi connectivity index (χ0v) is 14.1. The van der Waals surface area contributed by atoms with Crippen LogP contribution in [0.25, 0.3) is 0 Å². The first-order valence-corrected chi connectivity index (χ1v) is 8.71. The van der Waals surface area contributed by atoms with Crippen molar-refractivity contribution in [3.8, 4) is 5.75 Å². The van der Waals surface area contributed by atoms with Gasteiger partial charge in [0.1, 0.15) is 5.75 Å². The minimum absolute atomic E-state index is 0.320. The molecule has 0 saturated carbocycles. The minimum Gasteiger partial charge on any atom is -0.494 e. The van der Waals surface area contributed by atoms with Gasteiger partial charge in [0.2, 0.25) is 0 Å². The van der Waals surface area contributed by atoms with E-state index >= 15 is 0 Å². The molecule has 1 aromatic rings. The zero-order chi connectivity index (χ0) is 16.6. The van der Waals surface area contributed by atoms with Crippen LogP contribution in [0.5, 0.6) is 5.75 Å². The molecule has 0 atom stereocenters. The molecule has 3 nitrogen and oxygen atoms in total. The number of esters is 1. The largest absolute Gasteiger partial charge is 0.494 e. The van der Waals surface area contributed by atoms with Crippen molar-refractivity contribution in [1.82, 2.24) is 0 Å². The van der Waals surface area contributed by atoms with Crippen molar-refractivity contribution in [3.05, 3.63) is 43.0 Å². The monoisotopic (exact) mass is 317 g/mol. The fourth-order valence-electron chi connectivity index (χ4n) is 2.33. The smallest absolute Gasteiger partial charge is 0.330 e. The highest BCUT2D eigenvalue weighted by Gasteiger charge is 1.96. The molecule has 23 heavy (non-hydrogen) atoms. The second-order valence-electron chi connectivity index (χ2n) is 5.64. The molecule has 0 bridgehead atoms. The standard InChI is InChI=1S/C20H29O3/c1-2-20(21)23-18-14-9-7-5-3-4-6-8-13-17-22-19-15-11-10-12-16-19/h2,11-12,15-16H,1,3-9,13-14,17-18H2. The van der Waals surface area contributed by atoms with Gasteiger partial charge in [-0.2, -0.15) is 0 Å². The molecule has 0 spiro atoms. The lowest BCUT2D eigenvalue weighted by atomic mass is 10.1. The van der Waals surface area contributed by atoms with Crippen molar-refractivity contribution < 1.29 is 14.3 Å². The number of rotatable bonds is 14. The van der Waals surface area contributed by atoms with Crippen molar-refractivity contribution in [2.45, 2.75) is 57.8 Å². The van der Waals surface area contributed by atoms with E-state index < -0.39 is 0 Å². The van der Waals surface area contributed by atoms with Crippen molar-refractivity contribution in [1.29, 1.82) is 0 Å². The summed E-state index contributed by atoms with van der Waals surface area (Å²) in [5, 5.41) is 0. The van der Waals surface area contributed by atoms with Crippen LogP contribution in [-0.4, -0.2) is 19.2 Å². The Morgan fingerprint density at radius 3 is 2.00 bits per heavy atom. The Bertz CT molecular complexity index is 414. The van der Waals surface area contributed by atoms with Crippen LogP contribution in [0.2, 0.25) is 0 Å². The Labute approximate surface area is 140 Å². The molecule has 0 saturated heterocycles. The number of benzene rings is 1. The molecule has 1 aromatic carbocycles. The number of ether oxygens (including phenoxy) is 2. The van der Waals surface area contributed by atoms with Crippen LogP contribution in [0.4, 0.5) is 0 Å². The lowest BCUT2D eigenvalue weighted by Gasteiger charge is -2.06. The van der Waals surface area contributed by atoms with E-state index in [1.165, 1.54) is 44.6 Å². The van der Waals surface area contributed by atoms with E-state index in [0.717, 1.165) is 31.6 Å². The van der Waals surface area contributed by atoms with Gasteiger partial charge >= 0.3 is 5.97 Å². The van der Waals surface area contributed by atoms with Crippen LogP contribution in [0.3, 0.4) is 0 Å². The second-order valence-corrected chi connectivity index (χ2v) is 5.64. The molecular weight excluding hydrogens is 288 g/mol. The van der Waals surface area contributed by atoms with E-state index in [4.69, 9.17) is 9.47 Å². The van der Waals surface area contributed by atoms with Crippen molar-refractivity contribution in [3.63, 3.8) is 0 Å². The highest BCUT2D eigenvalue weighted by molar-refractivity contribution is 5.81. The molecule has 0 unspecified atom stereocenters. The molecule has 1 radical (unpaired) electrons. The molecule has 0 aromatic heterocycles. The molecular formula is C20H29O3. The maximum Gasteiger partial charge on any atom is 0.330 e. The lowest BCUT2D eigenvalue weighted by Crippen LogP contribution is -2.01. The first kappa shape index (κ1) is 19.3. The van der Waals surface area contributed by atoms with Crippen molar-refractivity contribution >= 4 is 5.97 Å². The van der Waals surface area contributed by atoms with E-state index in [2.05, 4.69) is 12.6 Å². The summed E-state index contributed by atoms with van der Waals surface area (Å²) in [6, 6.07) is 10.6. The van der Waals surface area contributed by atoms with Gasteiger partial charge in [-0.1, -0.05) is 63.7 Å². The first-order valence-electron chi connectivity index (χ1n) is 8.71. The highest BCUT2D eigenvalue weighted by Crippen LogP contribution is 2.11. The topological polar surface area (TPSA) is 35.5 Å². The Morgan fingerprint density at radius 1 is 0.913 bits per heavy atom. The van der Waals surface area contributed by atoms with E-state index in [0.29, 0.717) is 6.61 Å². The van der Waals surface area contributed by atoms with Crippen molar-refractivity contribution in [2.24, 2.45) is 0 Å². The molecule has 0 heterocycles. The summed E-state index contributed by atoms with van der Waals surface area (Å²) < 4.78 is 10.6. The summed E-state index contributed by atoms with van der Waals surface area (Å²) in [5.74, 6) is 0.613. The summed E-state index contributed by atoms with van der Waals surface area (Å²) in [6.07, 6.45) is 12.0. The molecule has 0 fully saturated rings. The molecule has 127 valence electrons.